The van der Waals surface area contributed by atoms with E-state index in [-0.39, 0.29) is 5.69 Å². The van der Waals surface area contributed by atoms with Gasteiger partial charge in [0.2, 0.25) is 0 Å². The van der Waals surface area contributed by atoms with E-state index >= 15 is 0 Å². The van der Waals surface area contributed by atoms with Gasteiger partial charge in [0.25, 0.3) is 5.88 Å². The average molecular weight is 161 g/mol. The van der Waals surface area contributed by atoms with Crippen LogP contribution in [0.3, 0.4) is 0 Å². The van der Waals surface area contributed by atoms with Gasteiger partial charge in [-0.25, -0.2) is 4.98 Å². The van der Waals surface area contributed by atoms with Crippen LogP contribution in [0.5, 0.6) is 11.6 Å². The minimum atomic E-state index is 0.277. The van der Waals surface area contributed by atoms with Gasteiger partial charge in [-0.05, 0) is 11.6 Å². The molecule has 12 heavy (non-hydrogen) atoms. The molecule has 0 saturated carbocycles. The SMILES string of the molecule is [CH]c1cc2c(nc1[CH])OCCO2. The number of fused-ring (bicyclic) bond motifs is 1. The van der Waals surface area contributed by atoms with Crippen LogP contribution in [0.2, 0.25) is 0 Å². The molecular weight excluding hydrogens is 154 g/mol. The molecule has 3 heteroatoms. The van der Waals surface area contributed by atoms with Crippen LogP contribution in [0.25, 0.3) is 0 Å². The topological polar surface area (TPSA) is 31.4 Å². The van der Waals surface area contributed by atoms with Crippen molar-refractivity contribution in [2.24, 2.45) is 0 Å². The summed E-state index contributed by atoms with van der Waals surface area (Å²) in [6, 6.07) is 1.62. The van der Waals surface area contributed by atoms with Gasteiger partial charge in [0.1, 0.15) is 13.2 Å². The first-order chi connectivity index (χ1) is 5.77. The van der Waals surface area contributed by atoms with Gasteiger partial charge < -0.3 is 9.47 Å². The van der Waals surface area contributed by atoms with Crippen LogP contribution in [-0.2, 0) is 0 Å². The maximum Gasteiger partial charge on any atom is 0.257 e. The van der Waals surface area contributed by atoms with Crippen molar-refractivity contribution in [2.75, 3.05) is 13.2 Å². The Balaban J connectivity index is 2.49. The highest BCUT2D eigenvalue weighted by Gasteiger charge is 2.13. The third-order valence-electron chi connectivity index (χ3n) is 1.59. The van der Waals surface area contributed by atoms with Gasteiger partial charge >= 0.3 is 0 Å². The first-order valence-corrected chi connectivity index (χ1v) is 3.59. The van der Waals surface area contributed by atoms with Crippen LogP contribution in [-0.4, -0.2) is 18.2 Å². The average Bonchev–Trinajstić information content (AvgIpc) is 2.07. The predicted octanol–water partition coefficient (Wildman–Crippen LogP) is 0.971. The highest BCUT2D eigenvalue weighted by atomic mass is 16.6. The van der Waals surface area contributed by atoms with Crippen LogP contribution in [0, 0.1) is 13.8 Å². The zero-order chi connectivity index (χ0) is 8.55. The van der Waals surface area contributed by atoms with E-state index in [0.29, 0.717) is 30.4 Å². The Bertz CT molecular complexity index is 279. The lowest BCUT2D eigenvalue weighted by Gasteiger charge is -2.17. The molecule has 0 aliphatic carbocycles. The summed E-state index contributed by atoms with van der Waals surface area (Å²) < 4.78 is 10.4. The quantitative estimate of drug-likeness (QED) is 0.568. The van der Waals surface area contributed by atoms with Crippen LogP contribution in [0.1, 0.15) is 11.3 Å². The third kappa shape index (κ3) is 1.11. The second-order valence-electron chi connectivity index (χ2n) is 2.46. The minimum Gasteiger partial charge on any atom is -0.484 e. The molecule has 2 heterocycles. The number of ether oxygens (including phenoxy) is 2. The Labute approximate surface area is 71.3 Å². The monoisotopic (exact) mass is 161 g/mol. The molecule has 1 aliphatic rings. The summed E-state index contributed by atoms with van der Waals surface area (Å²) in [6.45, 7) is 12.0. The lowest BCUT2D eigenvalue weighted by Crippen LogP contribution is -2.16. The van der Waals surface area contributed by atoms with Crippen LogP contribution >= 0.6 is 0 Å². The van der Waals surface area contributed by atoms with E-state index in [2.05, 4.69) is 4.98 Å². The van der Waals surface area contributed by atoms with Crippen LogP contribution < -0.4 is 9.47 Å². The Kier molecular flexibility index (Phi) is 1.64. The maximum atomic E-state index is 5.52. The summed E-state index contributed by atoms with van der Waals surface area (Å²) in [5.74, 6) is 0.987. The van der Waals surface area contributed by atoms with E-state index in [4.69, 9.17) is 23.3 Å². The predicted molar refractivity (Wildman–Crippen MR) is 42.0 cm³/mol. The van der Waals surface area contributed by atoms with Gasteiger partial charge in [-0.15, -0.1) is 0 Å². The number of pyridine rings is 1. The molecule has 60 valence electrons. The molecule has 0 aromatic carbocycles. The molecule has 0 N–H and O–H groups in total. The van der Waals surface area contributed by atoms with Gasteiger partial charge in [0.15, 0.2) is 5.75 Å². The summed E-state index contributed by atoms with van der Waals surface area (Å²) >= 11 is 0. The van der Waals surface area contributed by atoms with Gasteiger partial charge in [0.05, 0.1) is 5.69 Å². The smallest absolute Gasteiger partial charge is 0.257 e. The van der Waals surface area contributed by atoms with Crippen molar-refractivity contribution in [3.63, 3.8) is 0 Å². The molecule has 1 aliphatic heterocycles. The minimum absolute atomic E-state index is 0.277. The zero-order valence-electron chi connectivity index (χ0n) is 6.41. The largest absolute Gasteiger partial charge is 0.484 e. The summed E-state index contributed by atoms with van der Waals surface area (Å²) in [6.07, 6.45) is 0. The van der Waals surface area contributed by atoms with Crippen LogP contribution in [0.4, 0.5) is 0 Å². The van der Waals surface area contributed by atoms with Gasteiger partial charge in [0, 0.05) is 13.8 Å². The maximum absolute atomic E-state index is 5.52. The molecule has 3 nitrogen and oxygen atoms in total. The lowest BCUT2D eigenvalue weighted by atomic mass is 10.2. The fraction of sp³-hybridized carbons (Fsp3) is 0.222. The van der Waals surface area contributed by atoms with E-state index in [1.807, 2.05) is 0 Å². The molecule has 0 atom stereocenters. The van der Waals surface area contributed by atoms with Crippen molar-refractivity contribution >= 4 is 0 Å². The summed E-state index contributed by atoms with van der Waals surface area (Å²) in [4.78, 5) is 3.92. The lowest BCUT2D eigenvalue weighted by molar-refractivity contribution is 0.164. The Morgan fingerprint density at radius 3 is 2.83 bits per heavy atom. The molecule has 0 saturated heterocycles. The van der Waals surface area contributed by atoms with Crippen molar-refractivity contribution < 1.29 is 9.47 Å². The fourth-order valence-electron chi connectivity index (χ4n) is 1.00. The molecule has 0 fully saturated rings. The standard InChI is InChI=1S/C9H7NO2/c1-6-5-8-9(10-7(6)2)12-4-3-11-8/h1-2,5H,3-4H2. The van der Waals surface area contributed by atoms with E-state index in [9.17, 15) is 0 Å². The molecule has 0 unspecified atom stereocenters. The first-order valence-electron chi connectivity index (χ1n) is 3.59. The molecule has 1 aromatic heterocycles. The summed E-state index contributed by atoms with van der Waals surface area (Å²) in [5, 5.41) is 0. The van der Waals surface area contributed by atoms with Crippen molar-refractivity contribution in [3.05, 3.63) is 31.2 Å². The molecule has 0 amide bonds. The van der Waals surface area contributed by atoms with Crippen molar-refractivity contribution in [1.29, 1.82) is 0 Å². The molecular formula is C9H7NO2. The summed E-state index contributed by atoms with van der Waals surface area (Å²) in [5.41, 5.74) is 0.693. The Morgan fingerprint density at radius 2 is 2.00 bits per heavy atom. The van der Waals surface area contributed by atoms with Crippen molar-refractivity contribution in [2.45, 2.75) is 0 Å². The molecule has 1 aromatic rings. The highest BCUT2D eigenvalue weighted by molar-refractivity contribution is 5.42. The number of hydrogen-bond acceptors (Lipinski definition) is 3. The van der Waals surface area contributed by atoms with Crippen LogP contribution in [0.15, 0.2) is 6.07 Å². The summed E-state index contributed by atoms with van der Waals surface area (Å²) in [7, 11) is 0. The zero-order valence-corrected chi connectivity index (χ0v) is 6.41. The second-order valence-corrected chi connectivity index (χ2v) is 2.46. The number of rotatable bonds is 0. The second kappa shape index (κ2) is 2.66. The van der Waals surface area contributed by atoms with E-state index < -0.39 is 0 Å². The normalized spacial score (nSPS) is 14.5. The van der Waals surface area contributed by atoms with E-state index in [0.717, 1.165) is 0 Å². The van der Waals surface area contributed by atoms with Gasteiger partial charge in [-0.2, -0.15) is 0 Å². The number of aromatic nitrogens is 1. The van der Waals surface area contributed by atoms with Gasteiger partial charge in [-0.1, -0.05) is 0 Å². The van der Waals surface area contributed by atoms with Crippen molar-refractivity contribution in [1.82, 2.24) is 4.98 Å². The first kappa shape index (κ1) is 7.40. The molecule has 0 bridgehead atoms. The Morgan fingerprint density at radius 1 is 1.25 bits per heavy atom. The molecule has 2 rings (SSSR count). The van der Waals surface area contributed by atoms with E-state index in [1.54, 1.807) is 6.07 Å². The number of hydrogen-bond donors (Lipinski definition) is 0. The third-order valence-corrected chi connectivity index (χ3v) is 1.59. The number of nitrogens with zero attached hydrogens (tertiary/aromatic N) is 1. The van der Waals surface area contributed by atoms with E-state index in [1.165, 1.54) is 0 Å². The molecule has 0 spiro atoms. The fourth-order valence-corrected chi connectivity index (χ4v) is 1.00. The molecule has 4 radical (unpaired) electrons. The Hall–Kier alpha value is -1.25. The van der Waals surface area contributed by atoms with Crippen molar-refractivity contribution in [3.8, 4) is 11.6 Å². The van der Waals surface area contributed by atoms with Gasteiger partial charge in [-0.3, -0.25) is 0 Å². The highest BCUT2D eigenvalue weighted by Crippen LogP contribution is 2.29.